The molecule has 186 valence electrons. The van der Waals surface area contributed by atoms with Crippen molar-refractivity contribution in [2.75, 3.05) is 13.1 Å². The van der Waals surface area contributed by atoms with Crippen LogP contribution in [0, 0.1) is 11.3 Å². The van der Waals surface area contributed by atoms with E-state index >= 15 is 0 Å². The Morgan fingerprint density at radius 1 is 1.11 bits per heavy atom. The molecule has 0 aliphatic carbocycles. The number of piperidine rings is 1. The summed E-state index contributed by atoms with van der Waals surface area (Å²) >= 11 is 6.20. The molecule has 36 heavy (non-hydrogen) atoms. The highest BCUT2D eigenvalue weighted by molar-refractivity contribution is 6.30. The van der Waals surface area contributed by atoms with Crippen LogP contribution in [0.3, 0.4) is 0 Å². The largest absolute Gasteiger partial charge is 0.573 e. The van der Waals surface area contributed by atoms with Gasteiger partial charge in [0.25, 0.3) is 0 Å². The lowest BCUT2D eigenvalue weighted by Crippen LogP contribution is -2.51. The van der Waals surface area contributed by atoms with Crippen molar-refractivity contribution in [1.29, 1.82) is 5.26 Å². The van der Waals surface area contributed by atoms with Crippen molar-refractivity contribution in [3.8, 4) is 11.8 Å². The van der Waals surface area contributed by atoms with Gasteiger partial charge in [0.1, 0.15) is 23.0 Å². The van der Waals surface area contributed by atoms with E-state index in [0.29, 0.717) is 42.2 Å². The lowest BCUT2D eigenvalue weighted by Gasteiger charge is -2.44. The molecule has 2 atom stereocenters. The first-order chi connectivity index (χ1) is 17.1. The number of hydrogen-bond acceptors (Lipinski definition) is 6. The molecule has 0 N–H and O–H groups in total. The number of likely N-dealkylation sites (tertiary alicyclic amines) is 1. The predicted molar refractivity (Wildman–Crippen MR) is 125 cm³/mol. The van der Waals surface area contributed by atoms with E-state index in [4.69, 9.17) is 16.3 Å². The van der Waals surface area contributed by atoms with E-state index in [9.17, 15) is 18.4 Å². The van der Waals surface area contributed by atoms with Gasteiger partial charge in [0.2, 0.25) is 0 Å². The molecule has 2 aliphatic heterocycles. The van der Waals surface area contributed by atoms with Crippen molar-refractivity contribution in [3.05, 3.63) is 88.5 Å². The zero-order chi connectivity index (χ0) is 25.6. The van der Waals surface area contributed by atoms with Crippen LogP contribution in [0.2, 0.25) is 5.02 Å². The lowest BCUT2D eigenvalue weighted by atomic mass is 9.83. The van der Waals surface area contributed by atoms with Crippen molar-refractivity contribution in [2.24, 2.45) is 0 Å². The highest BCUT2D eigenvalue weighted by Crippen LogP contribution is 2.51. The third-order valence-corrected chi connectivity index (χ3v) is 7.21. The molecule has 10 heteroatoms. The van der Waals surface area contributed by atoms with Gasteiger partial charge in [-0.25, -0.2) is 0 Å². The molecule has 2 unspecified atom stereocenters. The molecule has 0 amide bonds. The average Bonchev–Trinajstić information content (AvgIpc) is 3.17. The summed E-state index contributed by atoms with van der Waals surface area (Å²) in [6, 6.07) is 15.2. The SMILES string of the molecule is CC(C#N)(c1ccc(OC(F)(F)F)cc1)N1CCC2(CC1)OC(c1cc(Cl)ccn1)c1cccnc12. The van der Waals surface area contributed by atoms with Gasteiger partial charge in [0.05, 0.1) is 17.5 Å². The fourth-order valence-corrected chi connectivity index (χ4v) is 5.28. The van der Waals surface area contributed by atoms with E-state index in [0.717, 1.165) is 11.3 Å². The molecule has 1 saturated heterocycles. The molecule has 3 aromatic rings. The van der Waals surface area contributed by atoms with E-state index in [2.05, 4.69) is 20.8 Å². The Morgan fingerprint density at radius 2 is 1.83 bits per heavy atom. The first-order valence-electron chi connectivity index (χ1n) is 11.4. The fourth-order valence-electron chi connectivity index (χ4n) is 5.11. The van der Waals surface area contributed by atoms with Crippen molar-refractivity contribution in [2.45, 2.75) is 43.4 Å². The molecule has 2 aromatic heterocycles. The summed E-state index contributed by atoms with van der Waals surface area (Å²) in [5, 5.41) is 10.7. The molecule has 1 aromatic carbocycles. The van der Waals surface area contributed by atoms with Crippen LogP contribution in [-0.2, 0) is 15.9 Å². The molecule has 6 nitrogen and oxygen atoms in total. The van der Waals surface area contributed by atoms with Gasteiger partial charge < -0.3 is 9.47 Å². The number of rotatable bonds is 4. The number of aromatic nitrogens is 2. The van der Waals surface area contributed by atoms with Crippen molar-refractivity contribution in [3.63, 3.8) is 0 Å². The van der Waals surface area contributed by atoms with Gasteiger partial charge in [0, 0.05) is 36.1 Å². The van der Waals surface area contributed by atoms with E-state index in [1.54, 1.807) is 31.5 Å². The third kappa shape index (κ3) is 4.41. The summed E-state index contributed by atoms with van der Waals surface area (Å²) in [6.07, 6.45) is -0.614. The Morgan fingerprint density at radius 3 is 2.47 bits per heavy atom. The molecule has 0 saturated carbocycles. The number of ether oxygens (including phenoxy) is 2. The van der Waals surface area contributed by atoms with Crippen LogP contribution in [0.4, 0.5) is 13.2 Å². The normalized spacial score (nSPS) is 20.9. The van der Waals surface area contributed by atoms with Crippen molar-refractivity contribution >= 4 is 11.6 Å². The number of nitriles is 1. The van der Waals surface area contributed by atoms with Gasteiger partial charge in [-0.1, -0.05) is 29.8 Å². The first kappa shape index (κ1) is 24.5. The summed E-state index contributed by atoms with van der Waals surface area (Å²) in [6.45, 7) is 2.82. The standard InChI is InChI=1S/C26H22ClF3N4O2/c1-24(16-31,17-4-6-19(7-5-17)35-26(28,29)30)34-13-9-25(10-14-34)23-20(3-2-11-33-23)22(36-25)21-15-18(27)8-12-32-21/h2-8,11-12,15,22H,9-10,13-14H2,1H3. The van der Waals surface area contributed by atoms with E-state index in [1.807, 2.05) is 17.0 Å². The van der Waals surface area contributed by atoms with Crippen LogP contribution in [0.1, 0.15) is 48.4 Å². The van der Waals surface area contributed by atoms with Crippen LogP contribution in [0.25, 0.3) is 0 Å². The van der Waals surface area contributed by atoms with Crippen LogP contribution >= 0.6 is 11.6 Å². The maximum atomic E-state index is 12.5. The second-order valence-corrected chi connectivity index (χ2v) is 9.51. The molecule has 5 rings (SSSR count). The quantitative estimate of drug-likeness (QED) is 0.433. The van der Waals surface area contributed by atoms with Crippen LogP contribution in [-0.4, -0.2) is 34.3 Å². The van der Waals surface area contributed by atoms with Gasteiger partial charge in [-0.15, -0.1) is 13.2 Å². The number of alkyl halides is 3. The molecule has 1 fully saturated rings. The van der Waals surface area contributed by atoms with Gasteiger partial charge in [-0.2, -0.15) is 5.26 Å². The Kier molecular flexibility index (Phi) is 6.15. The van der Waals surface area contributed by atoms with Crippen LogP contribution < -0.4 is 4.74 Å². The number of pyridine rings is 2. The maximum absolute atomic E-state index is 12.5. The molecule has 0 radical (unpaired) electrons. The van der Waals surface area contributed by atoms with E-state index in [1.165, 1.54) is 24.3 Å². The number of halogens is 4. The monoisotopic (exact) mass is 514 g/mol. The second-order valence-electron chi connectivity index (χ2n) is 9.08. The Labute approximate surface area is 211 Å². The summed E-state index contributed by atoms with van der Waals surface area (Å²) in [5.74, 6) is -0.327. The Balaban J connectivity index is 1.38. The summed E-state index contributed by atoms with van der Waals surface area (Å²) < 4.78 is 48.2. The minimum Gasteiger partial charge on any atom is -0.406 e. The highest BCUT2D eigenvalue weighted by Gasteiger charge is 2.51. The lowest BCUT2D eigenvalue weighted by molar-refractivity contribution is -0.274. The predicted octanol–water partition coefficient (Wildman–Crippen LogP) is 5.88. The smallest absolute Gasteiger partial charge is 0.406 e. The molecule has 1 spiro atoms. The van der Waals surface area contributed by atoms with Crippen LogP contribution in [0.5, 0.6) is 5.75 Å². The van der Waals surface area contributed by atoms with Crippen molar-refractivity contribution < 1.29 is 22.6 Å². The highest BCUT2D eigenvalue weighted by atomic mass is 35.5. The zero-order valence-corrected chi connectivity index (χ0v) is 20.1. The minimum atomic E-state index is -4.77. The second kappa shape index (κ2) is 9.04. The Bertz CT molecular complexity index is 1300. The summed E-state index contributed by atoms with van der Waals surface area (Å²) in [4.78, 5) is 11.1. The number of hydrogen-bond donors (Lipinski definition) is 0. The first-order valence-corrected chi connectivity index (χ1v) is 11.8. The maximum Gasteiger partial charge on any atom is 0.573 e. The Hall–Kier alpha value is -3.19. The average molecular weight is 515 g/mol. The van der Waals surface area contributed by atoms with Crippen LogP contribution in [0.15, 0.2) is 60.9 Å². The minimum absolute atomic E-state index is 0.327. The molecule has 2 aliphatic rings. The fraction of sp³-hybridized carbons (Fsp3) is 0.346. The van der Waals surface area contributed by atoms with Gasteiger partial charge in [-0.05, 0) is 55.7 Å². The number of benzene rings is 1. The molecule has 0 bridgehead atoms. The molecule has 4 heterocycles. The van der Waals surface area contributed by atoms with Gasteiger partial charge in [-0.3, -0.25) is 14.9 Å². The number of nitrogens with zero attached hydrogens (tertiary/aromatic N) is 4. The van der Waals surface area contributed by atoms with E-state index < -0.39 is 23.6 Å². The van der Waals surface area contributed by atoms with Gasteiger partial charge in [0.15, 0.2) is 0 Å². The zero-order valence-electron chi connectivity index (χ0n) is 19.3. The summed E-state index contributed by atoms with van der Waals surface area (Å²) in [7, 11) is 0. The topological polar surface area (TPSA) is 71.3 Å². The molecular weight excluding hydrogens is 493 g/mol. The third-order valence-electron chi connectivity index (χ3n) is 6.98. The van der Waals surface area contributed by atoms with Gasteiger partial charge >= 0.3 is 6.36 Å². The van der Waals surface area contributed by atoms with Crippen molar-refractivity contribution in [1.82, 2.24) is 14.9 Å². The summed E-state index contributed by atoms with van der Waals surface area (Å²) in [5.41, 5.74) is 1.43. The molecular formula is C26H22ClF3N4O2. The van der Waals surface area contributed by atoms with E-state index in [-0.39, 0.29) is 5.75 Å². The number of fused-ring (bicyclic) bond motifs is 2.